The Balaban J connectivity index is 2.30. The first-order chi connectivity index (χ1) is 8.55. The van der Waals surface area contributed by atoms with E-state index in [1.165, 1.54) is 11.1 Å². The van der Waals surface area contributed by atoms with Crippen molar-refractivity contribution in [3.63, 3.8) is 0 Å². The van der Waals surface area contributed by atoms with Crippen LogP contribution in [0, 0.1) is 30.6 Å². The molecule has 94 valence electrons. The van der Waals surface area contributed by atoms with Gasteiger partial charge in [0.05, 0.1) is 6.07 Å². The fraction of sp³-hybridized carbons (Fsp3) is 0.500. The van der Waals surface area contributed by atoms with E-state index < -0.39 is 5.41 Å². The Morgan fingerprint density at radius 3 is 2.44 bits per heavy atom. The highest BCUT2D eigenvalue weighted by molar-refractivity contribution is 5.88. The molecule has 1 atom stereocenters. The zero-order valence-corrected chi connectivity index (χ0v) is 11.1. The summed E-state index contributed by atoms with van der Waals surface area (Å²) in [5, 5.41) is 9.44. The minimum atomic E-state index is -0.765. The summed E-state index contributed by atoms with van der Waals surface area (Å²) in [6.45, 7) is 4.11. The molecule has 0 heterocycles. The Hall–Kier alpha value is -1.62. The van der Waals surface area contributed by atoms with Crippen molar-refractivity contribution in [2.75, 3.05) is 0 Å². The van der Waals surface area contributed by atoms with E-state index in [9.17, 15) is 10.1 Å². The van der Waals surface area contributed by atoms with Gasteiger partial charge in [0.1, 0.15) is 5.41 Å². The first kappa shape index (κ1) is 12.8. The molecular weight excluding hydrogens is 222 g/mol. The van der Waals surface area contributed by atoms with Crippen LogP contribution in [0.25, 0.3) is 0 Å². The van der Waals surface area contributed by atoms with Crippen LogP contribution < -0.4 is 0 Å². The third-order valence-corrected chi connectivity index (χ3v) is 3.79. The largest absolute Gasteiger partial charge is 0.298 e. The van der Waals surface area contributed by atoms with Crippen LogP contribution >= 0.6 is 0 Å². The number of hydrogen-bond donors (Lipinski definition) is 0. The number of rotatable bonds is 2. The highest BCUT2D eigenvalue weighted by atomic mass is 16.1. The molecule has 0 N–H and O–H groups in total. The highest BCUT2D eigenvalue weighted by Crippen LogP contribution is 2.36. The van der Waals surface area contributed by atoms with Crippen LogP contribution in [0.2, 0.25) is 0 Å². The van der Waals surface area contributed by atoms with E-state index in [1.807, 2.05) is 0 Å². The van der Waals surface area contributed by atoms with Crippen molar-refractivity contribution in [1.29, 1.82) is 5.26 Å². The van der Waals surface area contributed by atoms with Gasteiger partial charge < -0.3 is 0 Å². The number of nitriles is 1. The average molecular weight is 241 g/mol. The minimum Gasteiger partial charge on any atom is -0.298 e. The van der Waals surface area contributed by atoms with Gasteiger partial charge in [0, 0.05) is 6.42 Å². The molecule has 1 unspecified atom stereocenters. The van der Waals surface area contributed by atoms with Crippen molar-refractivity contribution in [2.24, 2.45) is 5.41 Å². The number of nitrogens with zero attached hydrogens (tertiary/aromatic N) is 1. The molecule has 0 amide bonds. The molecule has 1 aromatic rings. The van der Waals surface area contributed by atoms with Gasteiger partial charge in [0.2, 0.25) is 0 Å². The standard InChI is InChI=1S/C16H19NO/c1-12-7-13(2)9-14(8-12)10-16(11-17)6-4-3-5-15(16)18/h7-9H,3-6,10H2,1-2H3. The highest BCUT2D eigenvalue weighted by Gasteiger charge is 2.40. The van der Waals surface area contributed by atoms with Gasteiger partial charge in [-0.2, -0.15) is 5.26 Å². The molecule has 0 aromatic heterocycles. The van der Waals surface area contributed by atoms with Crippen LogP contribution in [0.15, 0.2) is 18.2 Å². The average Bonchev–Trinajstić information content (AvgIpc) is 2.31. The Kier molecular flexibility index (Phi) is 3.52. The lowest BCUT2D eigenvalue weighted by molar-refractivity contribution is -0.128. The molecule has 0 bridgehead atoms. The second-order valence-corrected chi connectivity index (χ2v) is 5.50. The Bertz CT molecular complexity index is 492. The number of carbonyl (C=O) groups excluding carboxylic acids is 1. The molecule has 1 aliphatic rings. The molecule has 1 saturated carbocycles. The van der Waals surface area contributed by atoms with Crippen LogP contribution in [0.1, 0.15) is 42.4 Å². The zero-order valence-electron chi connectivity index (χ0n) is 11.1. The lowest BCUT2D eigenvalue weighted by Gasteiger charge is -2.29. The van der Waals surface area contributed by atoms with Crippen molar-refractivity contribution >= 4 is 5.78 Å². The van der Waals surface area contributed by atoms with Crippen molar-refractivity contribution in [2.45, 2.75) is 46.0 Å². The first-order valence-corrected chi connectivity index (χ1v) is 6.57. The van der Waals surface area contributed by atoms with Gasteiger partial charge >= 0.3 is 0 Å². The molecule has 1 aromatic carbocycles. The van der Waals surface area contributed by atoms with Crippen molar-refractivity contribution in [1.82, 2.24) is 0 Å². The molecule has 2 heteroatoms. The molecular formula is C16H19NO. The van der Waals surface area contributed by atoms with E-state index in [-0.39, 0.29) is 5.78 Å². The summed E-state index contributed by atoms with van der Waals surface area (Å²) in [5.74, 6) is 0.135. The van der Waals surface area contributed by atoms with Gasteiger partial charge in [0.25, 0.3) is 0 Å². The van der Waals surface area contributed by atoms with E-state index in [0.29, 0.717) is 12.8 Å². The Morgan fingerprint density at radius 2 is 1.89 bits per heavy atom. The van der Waals surface area contributed by atoms with E-state index in [0.717, 1.165) is 24.8 Å². The van der Waals surface area contributed by atoms with Crippen LogP contribution in [0.4, 0.5) is 0 Å². The molecule has 1 aliphatic carbocycles. The van der Waals surface area contributed by atoms with Crippen LogP contribution in [-0.2, 0) is 11.2 Å². The minimum absolute atomic E-state index is 0.135. The lowest BCUT2D eigenvalue weighted by atomic mass is 9.70. The van der Waals surface area contributed by atoms with Crippen LogP contribution in [0.5, 0.6) is 0 Å². The van der Waals surface area contributed by atoms with Gasteiger partial charge in [-0.05, 0) is 38.7 Å². The number of benzene rings is 1. The SMILES string of the molecule is Cc1cc(C)cc(CC2(C#N)CCCCC2=O)c1. The summed E-state index contributed by atoms with van der Waals surface area (Å²) in [4.78, 5) is 12.1. The van der Waals surface area contributed by atoms with Gasteiger partial charge in [-0.15, -0.1) is 0 Å². The summed E-state index contributed by atoms with van der Waals surface area (Å²) < 4.78 is 0. The van der Waals surface area contributed by atoms with Gasteiger partial charge in [-0.25, -0.2) is 0 Å². The number of aryl methyl sites for hydroxylation is 2. The third kappa shape index (κ3) is 2.46. The zero-order chi connectivity index (χ0) is 13.2. The molecule has 2 rings (SSSR count). The van der Waals surface area contributed by atoms with Crippen molar-refractivity contribution in [3.8, 4) is 6.07 Å². The fourth-order valence-corrected chi connectivity index (χ4v) is 2.96. The smallest absolute Gasteiger partial charge is 0.153 e. The monoisotopic (exact) mass is 241 g/mol. The molecule has 1 fully saturated rings. The molecule has 18 heavy (non-hydrogen) atoms. The van der Waals surface area contributed by atoms with Crippen molar-refractivity contribution < 1.29 is 4.79 Å². The van der Waals surface area contributed by atoms with Crippen molar-refractivity contribution in [3.05, 3.63) is 34.9 Å². The maximum absolute atomic E-state index is 12.1. The van der Waals surface area contributed by atoms with E-state index in [1.54, 1.807) is 0 Å². The molecule has 0 radical (unpaired) electrons. The second-order valence-electron chi connectivity index (χ2n) is 5.50. The number of Topliss-reactive ketones (excluding diaryl/α,β-unsaturated/α-hetero) is 1. The topological polar surface area (TPSA) is 40.9 Å². The predicted molar refractivity (Wildman–Crippen MR) is 71.1 cm³/mol. The summed E-state index contributed by atoms with van der Waals surface area (Å²) in [6.07, 6.45) is 3.79. The Morgan fingerprint density at radius 1 is 1.22 bits per heavy atom. The van der Waals surface area contributed by atoms with Gasteiger partial charge in [0.15, 0.2) is 5.78 Å². The Labute approximate surface area is 109 Å². The molecule has 0 aliphatic heterocycles. The van der Waals surface area contributed by atoms with Gasteiger partial charge in [-0.1, -0.05) is 35.7 Å². The lowest BCUT2D eigenvalue weighted by Crippen LogP contribution is -2.34. The summed E-state index contributed by atoms with van der Waals surface area (Å²) in [7, 11) is 0. The third-order valence-electron chi connectivity index (χ3n) is 3.79. The molecule has 0 spiro atoms. The summed E-state index contributed by atoms with van der Waals surface area (Å²) >= 11 is 0. The fourth-order valence-electron chi connectivity index (χ4n) is 2.96. The normalized spacial score (nSPS) is 23.7. The first-order valence-electron chi connectivity index (χ1n) is 6.57. The summed E-state index contributed by atoms with van der Waals surface area (Å²) in [6, 6.07) is 8.60. The van der Waals surface area contributed by atoms with Crippen LogP contribution in [-0.4, -0.2) is 5.78 Å². The molecule has 0 saturated heterocycles. The predicted octanol–water partition coefficient (Wildman–Crippen LogP) is 3.50. The number of hydrogen-bond acceptors (Lipinski definition) is 2. The quantitative estimate of drug-likeness (QED) is 0.795. The molecule has 2 nitrogen and oxygen atoms in total. The van der Waals surface area contributed by atoms with Crippen LogP contribution in [0.3, 0.4) is 0 Å². The maximum Gasteiger partial charge on any atom is 0.153 e. The van der Waals surface area contributed by atoms with Gasteiger partial charge in [-0.3, -0.25) is 4.79 Å². The second kappa shape index (κ2) is 4.94. The summed E-state index contributed by atoms with van der Waals surface area (Å²) in [5.41, 5.74) is 2.74. The number of ketones is 1. The van der Waals surface area contributed by atoms with E-state index >= 15 is 0 Å². The van der Waals surface area contributed by atoms with E-state index in [4.69, 9.17) is 0 Å². The maximum atomic E-state index is 12.1. The number of carbonyl (C=O) groups is 1. The van der Waals surface area contributed by atoms with E-state index in [2.05, 4.69) is 38.1 Å².